The van der Waals surface area contributed by atoms with Gasteiger partial charge < -0.3 is 5.32 Å². The molecule has 1 saturated carbocycles. The van der Waals surface area contributed by atoms with Gasteiger partial charge in [-0.15, -0.1) is 0 Å². The monoisotopic (exact) mass is 247 g/mol. The first kappa shape index (κ1) is 13.3. The molecule has 2 rings (SSSR count). The zero-order valence-corrected chi connectivity index (χ0v) is 11.9. The second-order valence-electron chi connectivity index (χ2n) is 5.71. The molecular weight excluding hydrogens is 222 g/mol. The highest BCUT2D eigenvalue weighted by molar-refractivity contribution is 5.36. The van der Waals surface area contributed by atoms with Gasteiger partial charge >= 0.3 is 0 Å². The van der Waals surface area contributed by atoms with Crippen LogP contribution < -0.4 is 5.32 Å². The van der Waals surface area contributed by atoms with Gasteiger partial charge in [0.05, 0.1) is 0 Å². The second kappa shape index (κ2) is 6.17. The van der Waals surface area contributed by atoms with Crippen LogP contribution in [0.1, 0.15) is 63.9 Å². The minimum Gasteiger partial charge on any atom is -0.370 e. The fourth-order valence-corrected chi connectivity index (χ4v) is 2.68. The lowest BCUT2D eigenvalue weighted by atomic mass is 10.1. The quantitative estimate of drug-likeness (QED) is 0.860. The Morgan fingerprint density at radius 1 is 1.28 bits per heavy atom. The molecule has 1 N–H and O–H groups in total. The molecular formula is C15H25N3. The van der Waals surface area contributed by atoms with Crippen molar-refractivity contribution < 1.29 is 0 Å². The van der Waals surface area contributed by atoms with Crippen LogP contribution in [-0.2, 0) is 6.42 Å². The maximum Gasteiger partial charge on any atom is 0.134 e. The number of anilines is 1. The predicted octanol–water partition coefficient (Wildman–Crippen LogP) is 3.76. The zero-order valence-electron chi connectivity index (χ0n) is 11.9. The standard InChI is InChI=1S/C15H25N3/c1-4-16-14-10-13(9-11(2)3)17-15(18-14)12-7-5-6-8-12/h10-12H,4-9H2,1-3H3,(H,16,17,18). The molecule has 1 aliphatic rings. The Bertz CT molecular complexity index is 381. The number of nitrogens with zero attached hydrogens (tertiary/aromatic N) is 2. The van der Waals surface area contributed by atoms with Crippen molar-refractivity contribution in [1.82, 2.24) is 9.97 Å². The SMILES string of the molecule is CCNc1cc(CC(C)C)nc(C2CCCC2)n1. The fraction of sp³-hybridized carbons (Fsp3) is 0.733. The molecule has 100 valence electrons. The Hall–Kier alpha value is -1.12. The first-order valence-electron chi connectivity index (χ1n) is 7.30. The van der Waals surface area contributed by atoms with Crippen molar-refractivity contribution >= 4 is 5.82 Å². The Morgan fingerprint density at radius 3 is 2.61 bits per heavy atom. The van der Waals surface area contributed by atoms with E-state index in [2.05, 4.69) is 32.2 Å². The van der Waals surface area contributed by atoms with E-state index in [0.717, 1.165) is 24.6 Å². The first-order valence-corrected chi connectivity index (χ1v) is 7.30. The number of hydrogen-bond donors (Lipinski definition) is 1. The normalized spacial score (nSPS) is 16.4. The topological polar surface area (TPSA) is 37.8 Å². The lowest BCUT2D eigenvalue weighted by Gasteiger charge is -2.13. The van der Waals surface area contributed by atoms with Gasteiger partial charge in [-0.2, -0.15) is 0 Å². The van der Waals surface area contributed by atoms with Crippen molar-refractivity contribution in [1.29, 1.82) is 0 Å². The fourth-order valence-electron chi connectivity index (χ4n) is 2.68. The van der Waals surface area contributed by atoms with E-state index in [1.54, 1.807) is 0 Å². The smallest absolute Gasteiger partial charge is 0.134 e. The van der Waals surface area contributed by atoms with Gasteiger partial charge in [0.1, 0.15) is 11.6 Å². The lowest BCUT2D eigenvalue weighted by molar-refractivity contribution is 0.614. The van der Waals surface area contributed by atoms with Gasteiger partial charge in [0.2, 0.25) is 0 Å². The average Bonchev–Trinajstić information content (AvgIpc) is 2.81. The van der Waals surface area contributed by atoms with Crippen LogP contribution in [0.2, 0.25) is 0 Å². The van der Waals surface area contributed by atoms with Crippen molar-refractivity contribution in [2.75, 3.05) is 11.9 Å². The molecule has 1 heterocycles. The third-order valence-corrected chi connectivity index (χ3v) is 3.49. The molecule has 1 aromatic heterocycles. The first-order chi connectivity index (χ1) is 8.69. The molecule has 0 aliphatic heterocycles. The molecule has 0 spiro atoms. The second-order valence-corrected chi connectivity index (χ2v) is 5.71. The van der Waals surface area contributed by atoms with Crippen LogP contribution in [0.3, 0.4) is 0 Å². The summed E-state index contributed by atoms with van der Waals surface area (Å²) in [6, 6.07) is 2.11. The minimum absolute atomic E-state index is 0.592. The Labute approximate surface area is 110 Å². The minimum atomic E-state index is 0.592. The molecule has 0 unspecified atom stereocenters. The molecule has 0 atom stereocenters. The van der Waals surface area contributed by atoms with Gasteiger partial charge in [-0.1, -0.05) is 26.7 Å². The largest absolute Gasteiger partial charge is 0.370 e. The molecule has 1 fully saturated rings. The summed E-state index contributed by atoms with van der Waals surface area (Å²) in [7, 11) is 0. The zero-order chi connectivity index (χ0) is 13.0. The molecule has 1 aliphatic carbocycles. The Balaban J connectivity index is 2.23. The summed E-state index contributed by atoms with van der Waals surface area (Å²) in [6.07, 6.45) is 6.23. The van der Waals surface area contributed by atoms with E-state index in [4.69, 9.17) is 9.97 Å². The van der Waals surface area contributed by atoms with E-state index < -0.39 is 0 Å². The summed E-state index contributed by atoms with van der Waals surface area (Å²) in [4.78, 5) is 9.48. The molecule has 0 bridgehead atoms. The van der Waals surface area contributed by atoms with Gasteiger partial charge in [-0.3, -0.25) is 0 Å². The summed E-state index contributed by atoms with van der Waals surface area (Å²) in [5, 5.41) is 3.33. The van der Waals surface area contributed by atoms with Gasteiger partial charge in [0.25, 0.3) is 0 Å². The van der Waals surface area contributed by atoms with Crippen molar-refractivity contribution in [3.63, 3.8) is 0 Å². The Morgan fingerprint density at radius 2 is 2.00 bits per heavy atom. The van der Waals surface area contributed by atoms with Crippen LogP contribution >= 0.6 is 0 Å². The molecule has 0 saturated heterocycles. The number of nitrogens with one attached hydrogen (secondary N) is 1. The average molecular weight is 247 g/mol. The van der Waals surface area contributed by atoms with E-state index in [9.17, 15) is 0 Å². The molecule has 0 amide bonds. The molecule has 3 heteroatoms. The summed E-state index contributed by atoms with van der Waals surface area (Å²) in [5.74, 6) is 3.31. The highest BCUT2D eigenvalue weighted by Gasteiger charge is 2.20. The maximum absolute atomic E-state index is 4.79. The summed E-state index contributed by atoms with van der Waals surface area (Å²) < 4.78 is 0. The van der Waals surface area contributed by atoms with E-state index in [1.807, 2.05) is 0 Å². The van der Waals surface area contributed by atoms with Crippen LogP contribution in [-0.4, -0.2) is 16.5 Å². The summed E-state index contributed by atoms with van der Waals surface area (Å²) in [5.41, 5.74) is 1.19. The van der Waals surface area contributed by atoms with E-state index >= 15 is 0 Å². The third kappa shape index (κ3) is 3.44. The summed E-state index contributed by atoms with van der Waals surface area (Å²) in [6.45, 7) is 7.51. The lowest BCUT2D eigenvalue weighted by Crippen LogP contribution is -2.09. The molecule has 18 heavy (non-hydrogen) atoms. The molecule has 3 nitrogen and oxygen atoms in total. The number of rotatable bonds is 5. The van der Waals surface area contributed by atoms with Crippen LogP contribution in [0.25, 0.3) is 0 Å². The van der Waals surface area contributed by atoms with Gasteiger partial charge in [-0.25, -0.2) is 9.97 Å². The molecule has 0 radical (unpaired) electrons. The third-order valence-electron chi connectivity index (χ3n) is 3.49. The van der Waals surface area contributed by atoms with Crippen molar-refractivity contribution in [3.8, 4) is 0 Å². The number of hydrogen-bond acceptors (Lipinski definition) is 3. The van der Waals surface area contributed by atoms with Crippen LogP contribution in [0, 0.1) is 5.92 Å². The van der Waals surface area contributed by atoms with E-state index in [1.165, 1.54) is 31.4 Å². The van der Waals surface area contributed by atoms with Crippen molar-refractivity contribution in [3.05, 3.63) is 17.6 Å². The van der Waals surface area contributed by atoms with Crippen LogP contribution in [0.5, 0.6) is 0 Å². The van der Waals surface area contributed by atoms with Gasteiger partial charge in [-0.05, 0) is 32.1 Å². The van der Waals surface area contributed by atoms with E-state index in [-0.39, 0.29) is 0 Å². The highest BCUT2D eigenvalue weighted by atomic mass is 15.0. The number of aromatic nitrogens is 2. The van der Waals surface area contributed by atoms with Crippen LogP contribution in [0.15, 0.2) is 6.07 Å². The Kier molecular flexibility index (Phi) is 4.56. The van der Waals surface area contributed by atoms with Crippen molar-refractivity contribution in [2.24, 2.45) is 5.92 Å². The predicted molar refractivity (Wildman–Crippen MR) is 75.9 cm³/mol. The van der Waals surface area contributed by atoms with E-state index in [0.29, 0.717) is 11.8 Å². The van der Waals surface area contributed by atoms with Crippen LogP contribution in [0.4, 0.5) is 5.82 Å². The van der Waals surface area contributed by atoms with Gasteiger partial charge in [0, 0.05) is 24.2 Å². The molecule has 1 aromatic rings. The maximum atomic E-state index is 4.79. The summed E-state index contributed by atoms with van der Waals surface area (Å²) >= 11 is 0. The van der Waals surface area contributed by atoms with Crippen molar-refractivity contribution in [2.45, 2.75) is 58.8 Å². The highest BCUT2D eigenvalue weighted by Crippen LogP contribution is 2.32. The van der Waals surface area contributed by atoms with Gasteiger partial charge in [0.15, 0.2) is 0 Å². The molecule has 0 aromatic carbocycles.